The highest BCUT2D eigenvalue weighted by atomic mass is 16.4. The number of aliphatic carboxylic acids is 1. The summed E-state index contributed by atoms with van der Waals surface area (Å²) in [4.78, 5) is 22.9. The van der Waals surface area contributed by atoms with Crippen LogP contribution < -0.4 is 5.84 Å². The number of rotatable bonds is 9. The molecule has 3 atom stereocenters. The number of carbonyl (C=O) groups is 2. The van der Waals surface area contributed by atoms with Crippen molar-refractivity contribution in [1.29, 1.82) is 0 Å². The number of hydrogen-bond acceptors (Lipinski definition) is 3. The Morgan fingerprint density at radius 3 is 2.05 bits per heavy atom. The second-order valence-corrected chi connectivity index (χ2v) is 5.52. The lowest BCUT2D eigenvalue weighted by Crippen LogP contribution is -2.47. The van der Waals surface area contributed by atoms with Crippen molar-refractivity contribution in [2.24, 2.45) is 17.7 Å². The first-order valence-electron chi connectivity index (χ1n) is 7.10. The lowest BCUT2D eigenvalue weighted by atomic mass is 9.96. The second-order valence-electron chi connectivity index (χ2n) is 5.52. The predicted octanol–water partition coefficient (Wildman–Crippen LogP) is 2.40. The van der Waals surface area contributed by atoms with Crippen molar-refractivity contribution >= 4 is 11.9 Å². The Kier molecular flexibility index (Phi) is 8.39. The Labute approximate surface area is 116 Å². The molecule has 5 heteroatoms. The Balaban J connectivity index is 4.64. The summed E-state index contributed by atoms with van der Waals surface area (Å²) in [7, 11) is 0. The largest absolute Gasteiger partial charge is 0.481 e. The van der Waals surface area contributed by atoms with Gasteiger partial charge in [-0.3, -0.25) is 14.6 Å². The maximum atomic E-state index is 12.0. The quantitative estimate of drug-likeness (QED) is 0.383. The molecule has 19 heavy (non-hydrogen) atoms. The normalized spacial score (nSPS) is 15.6. The van der Waals surface area contributed by atoms with Crippen molar-refractivity contribution in [3.05, 3.63) is 0 Å². The number of carbonyl (C=O) groups excluding carboxylic acids is 1. The Morgan fingerprint density at radius 1 is 1.11 bits per heavy atom. The van der Waals surface area contributed by atoms with Crippen LogP contribution in [0.25, 0.3) is 0 Å². The molecule has 0 radical (unpaired) electrons. The van der Waals surface area contributed by atoms with Crippen LogP contribution in [0.15, 0.2) is 0 Å². The summed E-state index contributed by atoms with van der Waals surface area (Å²) in [5.41, 5.74) is 0. The molecule has 0 aliphatic heterocycles. The fourth-order valence-electron chi connectivity index (χ4n) is 1.88. The van der Waals surface area contributed by atoms with Gasteiger partial charge in [-0.1, -0.05) is 40.5 Å². The summed E-state index contributed by atoms with van der Waals surface area (Å²) in [5.74, 6) is 5.38. The summed E-state index contributed by atoms with van der Waals surface area (Å²) < 4.78 is 0. The van der Waals surface area contributed by atoms with Crippen molar-refractivity contribution in [2.75, 3.05) is 0 Å². The molecule has 0 rings (SSSR count). The summed E-state index contributed by atoms with van der Waals surface area (Å²) in [6.45, 7) is 8.10. The molecular weight excluding hydrogens is 244 g/mol. The van der Waals surface area contributed by atoms with Crippen molar-refractivity contribution in [2.45, 2.75) is 65.8 Å². The van der Waals surface area contributed by atoms with E-state index < -0.39 is 12.0 Å². The molecule has 3 unspecified atom stereocenters. The number of carboxylic acids is 1. The van der Waals surface area contributed by atoms with E-state index in [0.29, 0.717) is 18.8 Å². The zero-order chi connectivity index (χ0) is 15.0. The van der Waals surface area contributed by atoms with Gasteiger partial charge >= 0.3 is 5.97 Å². The molecule has 0 heterocycles. The first-order valence-corrected chi connectivity index (χ1v) is 7.10. The van der Waals surface area contributed by atoms with E-state index in [9.17, 15) is 9.59 Å². The van der Waals surface area contributed by atoms with E-state index in [4.69, 9.17) is 10.9 Å². The van der Waals surface area contributed by atoms with Crippen LogP contribution in [0.2, 0.25) is 0 Å². The van der Waals surface area contributed by atoms with Gasteiger partial charge in [0.1, 0.15) is 0 Å². The topological polar surface area (TPSA) is 83.6 Å². The summed E-state index contributed by atoms with van der Waals surface area (Å²) in [5, 5.41) is 10.1. The van der Waals surface area contributed by atoms with E-state index in [-0.39, 0.29) is 18.2 Å². The maximum absolute atomic E-state index is 12.0. The van der Waals surface area contributed by atoms with E-state index in [1.165, 1.54) is 0 Å². The molecule has 0 saturated heterocycles. The minimum Gasteiger partial charge on any atom is -0.481 e. The smallest absolute Gasteiger partial charge is 0.305 e. The van der Waals surface area contributed by atoms with Crippen LogP contribution in [-0.4, -0.2) is 28.0 Å². The standard InChI is InChI=1S/C14H28N2O3/c1-5-10(3)7-12(9-14(18)19)16(15)13(17)8-11(4)6-2/h10-12H,5-9,15H2,1-4H3,(H,18,19). The second kappa shape index (κ2) is 8.91. The zero-order valence-corrected chi connectivity index (χ0v) is 12.6. The summed E-state index contributed by atoms with van der Waals surface area (Å²) in [6, 6.07) is -0.413. The predicted molar refractivity (Wildman–Crippen MR) is 75.2 cm³/mol. The fraction of sp³-hybridized carbons (Fsp3) is 0.857. The third-order valence-electron chi connectivity index (χ3n) is 3.68. The van der Waals surface area contributed by atoms with Gasteiger partial charge in [0.2, 0.25) is 5.91 Å². The first-order chi connectivity index (χ1) is 8.81. The number of hydrogen-bond donors (Lipinski definition) is 2. The van der Waals surface area contributed by atoms with Gasteiger partial charge in [-0.05, 0) is 18.3 Å². The molecule has 0 aromatic rings. The molecule has 0 aromatic carbocycles. The van der Waals surface area contributed by atoms with Gasteiger partial charge in [0.05, 0.1) is 12.5 Å². The number of nitrogens with zero attached hydrogens (tertiary/aromatic N) is 1. The Hall–Kier alpha value is -1.10. The molecule has 5 nitrogen and oxygen atoms in total. The molecule has 0 aliphatic rings. The highest BCUT2D eigenvalue weighted by molar-refractivity contribution is 5.77. The van der Waals surface area contributed by atoms with Crippen molar-refractivity contribution in [1.82, 2.24) is 5.01 Å². The summed E-state index contributed by atoms with van der Waals surface area (Å²) in [6.07, 6.45) is 2.78. The van der Waals surface area contributed by atoms with Crippen LogP contribution in [0.5, 0.6) is 0 Å². The molecule has 0 fully saturated rings. The number of hydrazine groups is 1. The maximum Gasteiger partial charge on any atom is 0.305 e. The van der Waals surface area contributed by atoms with Crippen LogP contribution in [0, 0.1) is 11.8 Å². The SMILES string of the molecule is CCC(C)CC(=O)N(N)C(CC(=O)O)CC(C)CC. The number of nitrogens with two attached hydrogens (primary N) is 1. The minimum atomic E-state index is -0.917. The third-order valence-corrected chi connectivity index (χ3v) is 3.68. The molecule has 3 N–H and O–H groups in total. The van der Waals surface area contributed by atoms with E-state index in [0.717, 1.165) is 17.9 Å². The van der Waals surface area contributed by atoms with Gasteiger partial charge in [-0.25, -0.2) is 5.84 Å². The van der Waals surface area contributed by atoms with Crippen molar-refractivity contribution in [3.8, 4) is 0 Å². The lowest BCUT2D eigenvalue weighted by molar-refractivity contribution is -0.141. The monoisotopic (exact) mass is 272 g/mol. The van der Waals surface area contributed by atoms with Gasteiger partial charge in [-0.15, -0.1) is 0 Å². The van der Waals surface area contributed by atoms with E-state index in [1.807, 2.05) is 27.7 Å². The molecular formula is C14H28N2O3. The van der Waals surface area contributed by atoms with Crippen LogP contribution >= 0.6 is 0 Å². The van der Waals surface area contributed by atoms with E-state index >= 15 is 0 Å². The molecule has 0 saturated carbocycles. The Morgan fingerprint density at radius 2 is 1.63 bits per heavy atom. The lowest BCUT2D eigenvalue weighted by Gasteiger charge is -2.29. The zero-order valence-electron chi connectivity index (χ0n) is 12.6. The van der Waals surface area contributed by atoms with Crippen LogP contribution in [0.1, 0.15) is 59.8 Å². The first kappa shape index (κ1) is 17.9. The molecule has 0 bridgehead atoms. The average Bonchev–Trinajstić information content (AvgIpc) is 2.35. The van der Waals surface area contributed by atoms with Crippen LogP contribution in [0.4, 0.5) is 0 Å². The molecule has 112 valence electrons. The van der Waals surface area contributed by atoms with E-state index in [2.05, 4.69) is 0 Å². The van der Waals surface area contributed by atoms with Gasteiger partial charge in [0.25, 0.3) is 0 Å². The Bertz CT molecular complexity index is 294. The number of carboxylic acid groups (broad SMARTS) is 1. The molecule has 0 spiro atoms. The molecule has 0 aliphatic carbocycles. The van der Waals surface area contributed by atoms with Crippen LogP contribution in [-0.2, 0) is 9.59 Å². The van der Waals surface area contributed by atoms with Gasteiger partial charge in [0, 0.05) is 6.42 Å². The van der Waals surface area contributed by atoms with Crippen molar-refractivity contribution in [3.63, 3.8) is 0 Å². The van der Waals surface area contributed by atoms with Gasteiger partial charge in [-0.2, -0.15) is 0 Å². The summed E-state index contributed by atoms with van der Waals surface area (Å²) >= 11 is 0. The van der Waals surface area contributed by atoms with Crippen LogP contribution in [0.3, 0.4) is 0 Å². The fourth-order valence-corrected chi connectivity index (χ4v) is 1.88. The third kappa shape index (κ3) is 7.15. The number of amides is 1. The molecule has 0 aromatic heterocycles. The van der Waals surface area contributed by atoms with Gasteiger partial charge in [0.15, 0.2) is 0 Å². The highest BCUT2D eigenvalue weighted by Crippen LogP contribution is 2.18. The average molecular weight is 272 g/mol. The van der Waals surface area contributed by atoms with Crippen molar-refractivity contribution < 1.29 is 14.7 Å². The van der Waals surface area contributed by atoms with Gasteiger partial charge < -0.3 is 5.11 Å². The van der Waals surface area contributed by atoms with E-state index in [1.54, 1.807) is 0 Å². The molecule has 1 amide bonds. The highest BCUT2D eigenvalue weighted by Gasteiger charge is 2.25. The minimum absolute atomic E-state index is 0.0902.